The number of aryl methyl sites for hydroxylation is 2. The van der Waals surface area contributed by atoms with Crippen molar-refractivity contribution in [2.75, 3.05) is 11.9 Å². The minimum atomic E-state index is -0.0787. The molecule has 6 heteroatoms. The van der Waals surface area contributed by atoms with Crippen molar-refractivity contribution in [1.29, 1.82) is 0 Å². The number of benzene rings is 2. The van der Waals surface area contributed by atoms with Crippen LogP contribution in [0, 0.1) is 13.8 Å². The van der Waals surface area contributed by atoms with Crippen molar-refractivity contribution in [1.82, 2.24) is 14.9 Å². The van der Waals surface area contributed by atoms with Crippen LogP contribution in [-0.2, 0) is 13.0 Å². The van der Waals surface area contributed by atoms with E-state index in [9.17, 15) is 4.79 Å². The molecule has 0 fully saturated rings. The number of anilines is 2. The third kappa shape index (κ3) is 3.85. The average Bonchev–Trinajstić information content (AvgIpc) is 2.69. The van der Waals surface area contributed by atoms with Gasteiger partial charge in [-0.1, -0.05) is 41.9 Å². The van der Waals surface area contributed by atoms with E-state index in [0.717, 1.165) is 17.7 Å². The third-order valence-electron chi connectivity index (χ3n) is 4.92. The van der Waals surface area contributed by atoms with Gasteiger partial charge in [-0.3, -0.25) is 4.79 Å². The van der Waals surface area contributed by atoms with Crippen LogP contribution in [-0.4, -0.2) is 27.3 Å². The van der Waals surface area contributed by atoms with Crippen molar-refractivity contribution in [3.63, 3.8) is 0 Å². The van der Waals surface area contributed by atoms with Crippen molar-refractivity contribution in [3.8, 4) is 0 Å². The number of halogens is 1. The minimum absolute atomic E-state index is 0.0787. The molecule has 2 heterocycles. The topological polar surface area (TPSA) is 58.1 Å². The molecule has 4 rings (SSSR count). The van der Waals surface area contributed by atoms with E-state index in [4.69, 9.17) is 11.6 Å². The zero-order chi connectivity index (χ0) is 19.7. The van der Waals surface area contributed by atoms with Gasteiger partial charge in [0.1, 0.15) is 17.3 Å². The monoisotopic (exact) mass is 392 g/mol. The second kappa shape index (κ2) is 7.60. The molecular weight excluding hydrogens is 372 g/mol. The Bertz CT molecular complexity index is 1050. The summed E-state index contributed by atoms with van der Waals surface area (Å²) in [6.07, 6.45) is 0.860. The average molecular weight is 393 g/mol. The lowest BCUT2D eigenvalue weighted by Gasteiger charge is -2.28. The molecule has 1 N–H and O–H groups in total. The van der Waals surface area contributed by atoms with Gasteiger partial charge in [-0.25, -0.2) is 9.97 Å². The van der Waals surface area contributed by atoms with Gasteiger partial charge in [-0.2, -0.15) is 0 Å². The molecule has 0 bridgehead atoms. The van der Waals surface area contributed by atoms with Crippen LogP contribution >= 0.6 is 11.6 Å². The molecule has 1 aliphatic heterocycles. The zero-order valence-corrected chi connectivity index (χ0v) is 16.6. The molecule has 0 radical (unpaired) electrons. The number of amides is 1. The number of carbonyl (C=O) groups is 1. The van der Waals surface area contributed by atoms with Crippen molar-refractivity contribution in [2.45, 2.75) is 26.8 Å². The molecule has 1 amide bonds. The molecule has 5 nitrogen and oxygen atoms in total. The van der Waals surface area contributed by atoms with Crippen molar-refractivity contribution >= 4 is 29.0 Å². The maximum absolute atomic E-state index is 13.1. The predicted octanol–water partition coefficient (Wildman–Crippen LogP) is 4.69. The van der Waals surface area contributed by atoms with Gasteiger partial charge in [0, 0.05) is 29.9 Å². The quantitative estimate of drug-likeness (QED) is 0.702. The maximum Gasteiger partial charge on any atom is 0.272 e. The number of carbonyl (C=O) groups excluding carboxylic acids is 1. The van der Waals surface area contributed by atoms with Crippen LogP contribution < -0.4 is 5.32 Å². The molecule has 0 aliphatic carbocycles. The summed E-state index contributed by atoms with van der Waals surface area (Å²) in [5, 5.41) is 3.90. The fraction of sp³-hybridized carbons (Fsp3) is 0.227. The Hall–Kier alpha value is -2.92. The fourth-order valence-corrected chi connectivity index (χ4v) is 3.57. The largest absolute Gasteiger partial charge is 0.340 e. The van der Waals surface area contributed by atoms with E-state index in [1.807, 2.05) is 42.2 Å². The van der Waals surface area contributed by atoms with Crippen LogP contribution in [0.1, 0.15) is 33.0 Å². The van der Waals surface area contributed by atoms with Crippen LogP contribution in [0.25, 0.3) is 0 Å². The number of hydrogen-bond acceptors (Lipinski definition) is 4. The standard InChI is InChI=1S/C22H21ClN4O/c1-14-7-8-18(11-19(14)23)26-21-12-20(24-15(2)25-21)22(28)27-10-9-16-5-3-4-6-17(16)13-27/h3-8,11-12H,9-10,13H2,1-2H3,(H,24,25,26). The smallest absolute Gasteiger partial charge is 0.272 e. The van der Waals surface area contributed by atoms with Crippen molar-refractivity contribution < 1.29 is 4.79 Å². The minimum Gasteiger partial charge on any atom is -0.340 e. The molecule has 0 saturated carbocycles. The van der Waals surface area contributed by atoms with Crippen LogP contribution in [0.2, 0.25) is 5.02 Å². The summed E-state index contributed by atoms with van der Waals surface area (Å²) >= 11 is 6.20. The van der Waals surface area contributed by atoms with Gasteiger partial charge in [-0.05, 0) is 49.1 Å². The first-order chi connectivity index (χ1) is 13.5. The van der Waals surface area contributed by atoms with E-state index in [0.29, 0.717) is 35.4 Å². The van der Waals surface area contributed by atoms with Gasteiger partial charge >= 0.3 is 0 Å². The number of fused-ring (bicyclic) bond motifs is 1. The van der Waals surface area contributed by atoms with Crippen molar-refractivity contribution in [3.05, 3.63) is 81.8 Å². The third-order valence-corrected chi connectivity index (χ3v) is 5.33. The van der Waals surface area contributed by atoms with Crippen LogP contribution in [0.4, 0.5) is 11.5 Å². The van der Waals surface area contributed by atoms with E-state index >= 15 is 0 Å². The number of nitrogens with zero attached hydrogens (tertiary/aromatic N) is 3. The summed E-state index contributed by atoms with van der Waals surface area (Å²) < 4.78 is 0. The second-order valence-electron chi connectivity index (χ2n) is 7.02. The molecular formula is C22H21ClN4O. The predicted molar refractivity (Wildman–Crippen MR) is 111 cm³/mol. The molecule has 142 valence electrons. The van der Waals surface area contributed by atoms with E-state index in [2.05, 4.69) is 27.4 Å². The second-order valence-corrected chi connectivity index (χ2v) is 7.43. The normalized spacial score (nSPS) is 13.2. The van der Waals surface area contributed by atoms with E-state index in [1.165, 1.54) is 11.1 Å². The maximum atomic E-state index is 13.1. The number of hydrogen-bond donors (Lipinski definition) is 1. The lowest BCUT2D eigenvalue weighted by molar-refractivity contribution is 0.0728. The van der Waals surface area contributed by atoms with E-state index < -0.39 is 0 Å². The summed E-state index contributed by atoms with van der Waals surface area (Å²) in [5.41, 5.74) is 4.73. The van der Waals surface area contributed by atoms with Gasteiger partial charge in [0.25, 0.3) is 5.91 Å². The fourth-order valence-electron chi connectivity index (χ4n) is 3.39. The highest BCUT2D eigenvalue weighted by Crippen LogP contribution is 2.24. The van der Waals surface area contributed by atoms with Crippen LogP contribution in [0.15, 0.2) is 48.5 Å². The zero-order valence-electron chi connectivity index (χ0n) is 15.9. The first-order valence-electron chi connectivity index (χ1n) is 9.24. The number of rotatable bonds is 3. The Kier molecular flexibility index (Phi) is 5.01. The molecule has 0 saturated heterocycles. The van der Waals surface area contributed by atoms with E-state index in [-0.39, 0.29) is 5.91 Å². The van der Waals surface area contributed by atoms with Gasteiger partial charge < -0.3 is 10.2 Å². The van der Waals surface area contributed by atoms with E-state index in [1.54, 1.807) is 13.0 Å². The summed E-state index contributed by atoms with van der Waals surface area (Å²) in [5.74, 6) is 1.04. The number of aromatic nitrogens is 2. The molecule has 3 aromatic rings. The Morgan fingerprint density at radius 1 is 1.07 bits per heavy atom. The highest BCUT2D eigenvalue weighted by molar-refractivity contribution is 6.31. The Morgan fingerprint density at radius 2 is 1.86 bits per heavy atom. The lowest BCUT2D eigenvalue weighted by atomic mass is 10.00. The van der Waals surface area contributed by atoms with Gasteiger partial charge in [-0.15, -0.1) is 0 Å². The summed E-state index contributed by atoms with van der Waals surface area (Å²) in [7, 11) is 0. The van der Waals surface area contributed by atoms with Crippen LogP contribution in [0.5, 0.6) is 0 Å². The molecule has 0 atom stereocenters. The first-order valence-corrected chi connectivity index (χ1v) is 9.62. The van der Waals surface area contributed by atoms with Gasteiger partial charge in [0.2, 0.25) is 0 Å². The van der Waals surface area contributed by atoms with Crippen LogP contribution in [0.3, 0.4) is 0 Å². The van der Waals surface area contributed by atoms with Gasteiger partial charge in [0.15, 0.2) is 0 Å². The molecule has 1 aliphatic rings. The summed E-state index contributed by atoms with van der Waals surface area (Å²) in [6.45, 7) is 5.04. The summed E-state index contributed by atoms with van der Waals surface area (Å²) in [4.78, 5) is 23.7. The molecule has 2 aromatic carbocycles. The molecule has 1 aromatic heterocycles. The molecule has 28 heavy (non-hydrogen) atoms. The Balaban J connectivity index is 1.56. The Labute approximate surface area is 169 Å². The lowest BCUT2D eigenvalue weighted by Crippen LogP contribution is -2.36. The first kappa shape index (κ1) is 18.4. The Morgan fingerprint density at radius 3 is 2.64 bits per heavy atom. The SMILES string of the molecule is Cc1nc(Nc2ccc(C)c(Cl)c2)cc(C(=O)N2CCc3ccccc3C2)n1. The van der Waals surface area contributed by atoms with Gasteiger partial charge in [0.05, 0.1) is 0 Å². The molecule has 0 spiro atoms. The molecule has 0 unspecified atom stereocenters. The highest BCUT2D eigenvalue weighted by Gasteiger charge is 2.23. The van der Waals surface area contributed by atoms with Crippen molar-refractivity contribution in [2.24, 2.45) is 0 Å². The summed E-state index contributed by atoms with van der Waals surface area (Å²) in [6, 6.07) is 15.7. The highest BCUT2D eigenvalue weighted by atomic mass is 35.5. The number of nitrogens with one attached hydrogen (secondary N) is 1.